The van der Waals surface area contributed by atoms with Crippen molar-refractivity contribution in [3.63, 3.8) is 0 Å². The van der Waals surface area contributed by atoms with Gasteiger partial charge in [0.1, 0.15) is 0 Å². The number of aromatic nitrogens is 1. The Morgan fingerprint density at radius 2 is 1.91 bits per heavy atom. The third kappa shape index (κ3) is 3.14. The number of hydrogen-bond acceptors (Lipinski definition) is 2. The Balaban J connectivity index is 1.96. The van der Waals surface area contributed by atoms with E-state index in [1.54, 1.807) is 0 Å². The molecule has 0 radical (unpaired) electrons. The molecule has 3 heteroatoms. The highest BCUT2D eigenvalue weighted by Crippen LogP contribution is 2.37. The average Bonchev–Trinajstić information content (AvgIpc) is 3.38. The Labute approximate surface area is 132 Å². The van der Waals surface area contributed by atoms with Crippen LogP contribution in [-0.4, -0.2) is 10.6 Å². The molecule has 1 N–H and O–H groups in total. The molecule has 1 aliphatic carbocycles. The van der Waals surface area contributed by atoms with E-state index in [1.807, 2.05) is 28.8 Å². The van der Waals surface area contributed by atoms with Crippen molar-refractivity contribution in [3.8, 4) is 11.3 Å². The van der Waals surface area contributed by atoms with Crippen LogP contribution >= 0.6 is 0 Å². The lowest BCUT2D eigenvalue weighted by atomic mass is 10.1. The molecule has 1 fully saturated rings. The second kappa shape index (κ2) is 6.49. The molecule has 0 saturated heterocycles. The fourth-order valence-corrected chi connectivity index (χ4v) is 2.70. The Hall–Kier alpha value is -1.87. The summed E-state index contributed by atoms with van der Waals surface area (Å²) in [5.41, 5.74) is 3.19. The minimum atomic E-state index is 0.166. The summed E-state index contributed by atoms with van der Waals surface area (Å²) in [5, 5.41) is 3.42. The normalized spacial score (nSPS) is 15.7. The highest BCUT2D eigenvalue weighted by Gasteiger charge is 2.27. The minimum Gasteiger partial charge on any atom is -0.310 e. The molecule has 3 nitrogen and oxygen atoms in total. The monoisotopic (exact) mass is 296 g/mol. The first-order valence-electron chi connectivity index (χ1n) is 8.24. The van der Waals surface area contributed by atoms with Crippen LogP contribution in [0.2, 0.25) is 0 Å². The summed E-state index contributed by atoms with van der Waals surface area (Å²) in [6.45, 7) is 4.95. The molecule has 3 rings (SSSR count). The maximum atomic E-state index is 12.9. The zero-order valence-electron chi connectivity index (χ0n) is 13.4. The molecule has 0 aliphatic heterocycles. The van der Waals surface area contributed by atoms with Gasteiger partial charge in [0.25, 0.3) is 5.56 Å². The van der Waals surface area contributed by atoms with Gasteiger partial charge in [-0.25, -0.2) is 0 Å². The molecular weight excluding hydrogens is 272 g/mol. The summed E-state index contributed by atoms with van der Waals surface area (Å²) in [4.78, 5) is 12.9. The number of nitrogens with zero attached hydrogens (tertiary/aromatic N) is 1. The lowest BCUT2D eigenvalue weighted by Gasteiger charge is -2.16. The molecule has 1 atom stereocenters. The van der Waals surface area contributed by atoms with Gasteiger partial charge in [0.05, 0.1) is 5.69 Å². The van der Waals surface area contributed by atoms with Crippen molar-refractivity contribution in [2.45, 2.75) is 51.7 Å². The maximum absolute atomic E-state index is 12.9. The first kappa shape index (κ1) is 15.0. The number of rotatable bonds is 6. The molecule has 0 amide bonds. The van der Waals surface area contributed by atoms with Crippen molar-refractivity contribution < 1.29 is 0 Å². The number of pyridine rings is 1. The summed E-state index contributed by atoms with van der Waals surface area (Å²) in [6.07, 6.45) is 3.29. The van der Waals surface area contributed by atoms with Crippen LogP contribution in [0, 0.1) is 0 Å². The van der Waals surface area contributed by atoms with E-state index in [0.717, 1.165) is 36.1 Å². The Kier molecular flexibility index (Phi) is 4.44. The van der Waals surface area contributed by atoms with Gasteiger partial charge in [0.2, 0.25) is 0 Å². The van der Waals surface area contributed by atoms with Crippen LogP contribution in [0.3, 0.4) is 0 Å². The third-order valence-electron chi connectivity index (χ3n) is 4.43. The van der Waals surface area contributed by atoms with Crippen LogP contribution in [0.4, 0.5) is 0 Å². The highest BCUT2D eigenvalue weighted by atomic mass is 16.1. The molecule has 1 saturated carbocycles. The van der Waals surface area contributed by atoms with Crippen LogP contribution in [0.1, 0.15) is 44.7 Å². The van der Waals surface area contributed by atoms with Crippen LogP contribution in [0.25, 0.3) is 11.3 Å². The average molecular weight is 296 g/mol. The van der Waals surface area contributed by atoms with Gasteiger partial charge >= 0.3 is 0 Å². The summed E-state index contributed by atoms with van der Waals surface area (Å²) in [6, 6.07) is 15.1. The molecule has 1 heterocycles. The predicted octanol–water partition coefficient (Wildman–Crippen LogP) is 3.74. The lowest BCUT2D eigenvalue weighted by Crippen LogP contribution is -2.31. The molecule has 2 aromatic rings. The SMILES string of the molecule is CCC(C)NCc1ccc(-c2ccccc2)n(C2CC2)c1=O. The Morgan fingerprint density at radius 1 is 1.18 bits per heavy atom. The smallest absolute Gasteiger partial charge is 0.255 e. The van der Waals surface area contributed by atoms with Crippen molar-refractivity contribution in [2.24, 2.45) is 0 Å². The van der Waals surface area contributed by atoms with E-state index in [4.69, 9.17) is 0 Å². The van der Waals surface area contributed by atoms with Crippen LogP contribution in [0.15, 0.2) is 47.3 Å². The van der Waals surface area contributed by atoms with E-state index in [2.05, 4.69) is 37.4 Å². The Morgan fingerprint density at radius 3 is 2.55 bits per heavy atom. The Bertz CT molecular complexity index is 686. The van der Waals surface area contributed by atoms with E-state index in [1.165, 1.54) is 0 Å². The van der Waals surface area contributed by atoms with Gasteiger partial charge in [-0.1, -0.05) is 43.3 Å². The molecule has 116 valence electrons. The molecule has 0 spiro atoms. The van der Waals surface area contributed by atoms with E-state index < -0.39 is 0 Å². The van der Waals surface area contributed by atoms with Crippen molar-refractivity contribution in [1.82, 2.24) is 9.88 Å². The van der Waals surface area contributed by atoms with Crippen molar-refractivity contribution in [1.29, 1.82) is 0 Å². The van der Waals surface area contributed by atoms with Gasteiger partial charge in [-0.05, 0) is 37.8 Å². The number of nitrogens with one attached hydrogen (secondary N) is 1. The van der Waals surface area contributed by atoms with Crippen LogP contribution < -0.4 is 10.9 Å². The summed E-state index contributed by atoms with van der Waals surface area (Å²) in [5.74, 6) is 0. The maximum Gasteiger partial charge on any atom is 0.255 e. The van der Waals surface area contributed by atoms with Gasteiger partial charge in [-0.15, -0.1) is 0 Å². The van der Waals surface area contributed by atoms with Crippen molar-refractivity contribution in [2.75, 3.05) is 0 Å². The molecule has 0 bridgehead atoms. The molecule has 22 heavy (non-hydrogen) atoms. The zero-order chi connectivity index (χ0) is 15.5. The predicted molar refractivity (Wildman–Crippen MR) is 91.0 cm³/mol. The fraction of sp³-hybridized carbons (Fsp3) is 0.421. The summed E-state index contributed by atoms with van der Waals surface area (Å²) in [7, 11) is 0. The molecule has 1 unspecified atom stereocenters. The van der Waals surface area contributed by atoms with E-state index in [9.17, 15) is 4.79 Å². The summed E-state index contributed by atoms with van der Waals surface area (Å²) < 4.78 is 2.00. The largest absolute Gasteiger partial charge is 0.310 e. The van der Waals surface area contributed by atoms with Gasteiger partial charge in [-0.2, -0.15) is 0 Å². The second-order valence-corrected chi connectivity index (χ2v) is 6.21. The van der Waals surface area contributed by atoms with Gasteiger partial charge in [0, 0.05) is 24.2 Å². The number of hydrogen-bond donors (Lipinski definition) is 1. The minimum absolute atomic E-state index is 0.166. The summed E-state index contributed by atoms with van der Waals surface area (Å²) >= 11 is 0. The number of benzene rings is 1. The second-order valence-electron chi connectivity index (χ2n) is 6.21. The van der Waals surface area contributed by atoms with Gasteiger partial charge < -0.3 is 9.88 Å². The fourth-order valence-electron chi connectivity index (χ4n) is 2.70. The molecule has 1 aromatic carbocycles. The lowest BCUT2D eigenvalue weighted by molar-refractivity contribution is 0.529. The quantitative estimate of drug-likeness (QED) is 0.881. The van der Waals surface area contributed by atoms with Crippen molar-refractivity contribution >= 4 is 0 Å². The third-order valence-corrected chi connectivity index (χ3v) is 4.43. The topological polar surface area (TPSA) is 34.0 Å². The van der Waals surface area contributed by atoms with Crippen LogP contribution in [-0.2, 0) is 6.54 Å². The standard InChI is InChI=1S/C19H24N2O/c1-3-14(2)20-13-16-9-12-18(15-7-5-4-6-8-15)21(19(16)22)17-10-11-17/h4-9,12,14,17,20H,3,10-11,13H2,1-2H3. The molecule has 1 aliphatic rings. The zero-order valence-corrected chi connectivity index (χ0v) is 13.4. The molecule has 1 aromatic heterocycles. The van der Waals surface area contributed by atoms with Gasteiger partial charge in [-0.3, -0.25) is 4.79 Å². The van der Waals surface area contributed by atoms with Gasteiger partial charge in [0.15, 0.2) is 0 Å². The van der Waals surface area contributed by atoms with Crippen LogP contribution in [0.5, 0.6) is 0 Å². The first-order valence-corrected chi connectivity index (χ1v) is 8.24. The van der Waals surface area contributed by atoms with E-state index in [0.29, 0.717) is 18.6 Å². The highest BCUT2D eigenvalue weighted by molar-refractivity contribution is 5.60. The first-order chi connectivity index (χ1) is 10.7. The van der Waals surface area contributed by atoms with Crippen molar-refractivity contribution in [3.05, 3.63) is 58.4 Å². The molecular formula is C19H24N2O. The van der Waals surface area contributed by atoms with E-state index >= 15 is 0 Å². The van der Waals surface area contributed by atoms with E-state index in [-0.39, 0.29) is 5.56 Å².